The Bertz CT molecular complexity index is 3040. The van der Waals surface area contributed by atoms with Gasteiger partial charge in [0.15, 0.2) is 11.6 Å². The number of carbonyl (C=O) groups is 2. The third-order valence-corrected chi connectivity index (χ3v) is 14.6. The Labute approximate surface area is 450 Å². The number of carbonyl (C=O) groups excluding carboxylic acids is 2. The van der Waals surface area contributed by atoms with Gasteiger partial charge in [0.05, 0.1) is 82.8 Å². The number of hydrogen-bond acceptors (Lipinski definition) is 17. The zero-order valence-electron chi connectivity index (χ0n) is 46.6. The maximum Gasteiger partial charge on any atom is 0.410 e. The number of hydrogen-bond donors (Lipinski definition) is 1. The summed E-state index contributed by atoms with van der Waals surface area (Å²) in [6.45, 7) is 24.1. The van der Waals surface area contributed by atoms with Crippen LogP contribution in [0.3, 0.4) is 0 Å². The van der Waals surface area contributed by atoms with Gasteiger partial charge in [0, 0.05) is 62.2 Å². The third-order valence-electron chi connectivity index (χ3n) is 14.6. The first-order valence-corrected chi connectivity index (χ1v) is 26.9. The van der Waals surface area contributed by atoms with Crippen molar-refractivity contribution in [3.8, 4) is 23.7 Å². The van der Waals surface area contributed by atoms with Gasteiger partial charge in [0.1, 0.15) is 22.8 Å². The molecule has 0 saturated carbocycles. The van der Waals surface area contributed by atoms with Crippen LogP contribution >= 0.6 is 0 Å². The van der Waals surface area contributed by atoms with E-state index < -0.39 is 11.2 Å². The molecule has 21 nitrogen and oxygen atoms in total. The second kappa shape index (κ2) is 23.0. The summed E-state index contributed by atoms with van der Waals surface area (Å²) in [6.07, 6.45) is 6.75. The van der Waals surface area contributed by atoms with E-state index in [9.17, 15) is 14.7 Å². The molecule has 8 heterocycles. The SMILES string of the molecule is COc1nc(N2CCOC[C@@H]2CO)cc(-n2ncc3cc(C)c(C4CCN(C(=O)OC(C)(C)C)CC4)cc32)n1.COc1nc(N2CCOC[C@H]2C)cc(-n2ncc3cc(C)c(C4CCN(C(=O)OC(C)(C)C)CC4)cc32)n1. The summed E-state index contributed by atoms with van der Waals surface area (Å²) in [7, 11) is 3.12. The van der Waals surface area contributed by atoms with Crippen LogP contribution in [0.1, 0.15) is 108 Å². The second-order valence-corrected chi connectivity index (χ2v) is 22.5. The Morgan fingerprint density at radius 1 is 0.597 bits per heavy atom. The maximum absolute atomic E-state index is 12.5. The van der Waals surface area contributed by atoms with Gasteiger partial charge in [-0.2, -0.15) is 30.1 Å². The third kappa shape index (κ3) is 12.6. The molecule has 1 N–H and O–H groups in total. The van der Waals surface area contributed by atoms with Crippen molar-refractivity contribution in [1.82, 2.24) is 49.3 Å². The molecule has 4 aliphatic rings. The Kier molecular flexibility index (Phi) is 16.4. The molecule has 0 spiro atoms. The number of morpholine rings is 2. The van der Waals surface area contributed by atoms with Gasteiger partial charge in [-0.3, -0.25) is 0 Å². The van der Waals surface area contributed by atoms with E-state index in [1.165, 1.54) is 29.4 Å². The molecule has 2 atom stereocenters. The first-order chi connectivity index (χ1) is 36.8. The normalized spacial score (nSPS) is 19.1. The number of fused-ring (bicyclic) bond motifs is 2. The average molecular weight is 1060 g/mol. The molecule has 21 heteroatoms. The van der Waals surface area contributed by atoms with Gasteiger partial charge in [-0.15, -0.1) is 0 Å². The van der Waals surface area contributed by atoms with Crippen molar-refractivity contribution in [2.75, 3.05) is 96.3 Å². The average Bonchev–Trinajstić information content (AvgIpc) is 4.09. The van der Waals surface area contributed by atoms with Gasteiger partial charge >= 0.3 is 24.2 Å². The van der Waals surface area contributed by atoms with Gasteiger partial charge in [0.25, 0.3) is 0 Å². The number of aliphatic hydroxyl groups excluding tert-OH is 1. The molecule has 414 valence electrons. The fraction of sp³-hybridized carbons (Fsp3) is 0.571. The highest BCUT2D eigenvalue weighted by Crippen LogP contribution is 2.37. The lowest BCUT2D eigenvalue weighted by molar-refractivity contribution is 0.0194. The summed E-state index contributed by atoms with van der Waals surface area (Å²) in [5, 5.41) is 21.3. The fourth-order valence-corrected chi connectivity index (χ4v) is 10.7. The summed E-state index contributed by atoms with van der Waals surface area (Å²) in [5.41, 5.74) is 5.91. The summed E-state index contributed by atoms with van der Waals surface area (Å²) in [4.78, 5) is 51.4. The Hall–Kier alpha value is -6.84. The van der Waals surface area contributed by atoms with E-state index >= 15 is 0 Å². The Morgan fingerprint density at radius 3 is 1.43 bits per heavy atom. The number of aromatic nitrogens is 8. The highest BCUT2D eigenvalue weighted by Gasteiger charge is 2.32. The summed E-state index contributed by atoms with van der Waals surface area (Å²) >= 11 is 0. The minimum absolute atomic E-state index is 0.0399. The molecule has 4 saturated heterocycles. The van der Waals surface area contributed by atoms with Crippen molar-refractivity contribution in [3.63, 3.8) is 0 Å². The monoisotopic (exact) mass is 1060 g/mol. The first-order valence-electron chi connectivity index (χ1n) is 26.9. The van der Waals surface area contributed by atoms with Crippen LogP contribution in [0.4, 0.5) is 21.2 Å². The van der Waals surface area contributed by atoms with Gasteiger partial charge in [-0.1, -0.05) is 0 Å². The lowest BCUT2D eigenvalue weighted by Crippen LogP contribution is -2.48. The Balaban J connectivity index is 0.000000188. The molecule has 4 fully saturated rings. The number of rotatable bonds is 9. The largest absolute Gasteiger partial charge is 0.467 e. The highest BCUT2D eigenvalue weighted by atomic mass is 16.6. The van der Waals surface area contributed by atoms with Crippen molar-refractivity contribution in [1.29, 1.82) is 0 Å². The zero-order chi connectivity index (χ0) is 54.8. The molecule has 0 aliphatic carbocycles. The van der Waals surface area contributed by atoms with Crippen LogP contribution in [0, 0.1) is 13.8 Å². The number of anilines is 2. The minimum atomic E-state index is -0.502. The molecular formula is C56H76N12O9. The van der Waals surface area contributed by atoms with Crippen LogP contribution in [0.25, 0.3) is 33.4 Å². The fourth-order valence-electron chi connectivity index (χ4n) is 10.7. The molecule has 2 aromatic carbocycles. The molecule has 4 aromatic heterocycles. The minimum Gasteiger partial charge on any atom is -0.467 e. The van der Waals surface area contributed by atoms with E-state index in [0.717, 1.165) is 59.9 Å². The zero-order valence-corrected chi connectivity index (χ0v) is 46.6. The van der Waals surface area contributed by atoms with Gasteiger partial charge in [0.2, 0.25) is 0 Å². The molecule has 2 amide bonds. The second-order valence-electron chi connectivity index (χ2n) is 22.5. The number of methoxy groups -OCH3 is 2. The number of likely N-dealkylation sites (tertiary alicyclic amines) is 2. The smallest absolute Gasteiger partial charge is 0.410 e. The first kappa shape index (κ1) is 54.9. The van der Waals surface area contributed by atoms with Crippen molar-refractivity contribution < 1.29 is 43.1 Å². The number of nitrogens with zero attached hydrogens (tertiary/aromatic N) is 12. The van der Waals surface area contributed by atoms with Crippen LogP contribution in [-0.2, 0) is 18.9 Å². The lowest BCUT2D eigenvalue weighted by atomic mass is 9.86. The molecular weight excluding hydrogens is 985 g/mol. The van der Waals surface area contributed by atoms with Gasteiger partial charge in [-0.25, -0.2) is 19.0 Å². The summed E-state index contributed by atoms with van der Waals surface area (Å²) in [6, 6.07) is 13.2. The molecule has 4 aliphatic heterocycles. The molecule has 0 radical (unpaired) electrons. The number of aliphatic hydroxyl groups is 1. The predicted octanol–water partition coefficient (Wildman–Crippen LogP) is 7.92. The van der Waals surface area contributed by atoms with Crippen molar-refractivity contribution in [3.05, 3.63) is 71.0 Å². The molecule has 77 heavy (non-hydrogen) atoms. The van der Waals surface area contributed by atoms with Gasteiger partial charge in [-0.05, 0) is 146 Å². The number of amides is 2. The van der Waals surface area contributed by atoms with Crippen LogP contribution < -0.4 is 19.3 Å². The van der Waals surface area contributed by atoms with Crippen LogP contribution in [0.15, 0.2) is 48.8 Å². The topological polar surface area (TPSA) is 210 Å². The van der Waals surface area contributed by atoms with Crippen LogP contribution in [-0.4, -0.2) is 176 Å². The predicted molar refractivity (Wildman–Crippen MR) is 292 cm³/mol. The maximum atomic E-state index is 12.5. The van der Waals surface area contributed by atoms with Crippen molar-refractivity contribution in [2.24, 2.45) is 0 Å². The van der Waals surface area contributed by atoms with E-state index in [1.807, 2.05) is 85.2 Å². The van der Waals surface area contributed by atoms with Crippen molar-refractivity contribution >= 4 is 45.6 Å². The van der Waals surface area contributed by atoms with E-state index in [2.05, 4.69) is 75.0 Å². The van der Waals surface area contributed by atoms with Crippen LogP contribution in [0.5, 0.6) is 12.0 Å². The van der Waals surface area contributed by atoms with Crippen molar-refractivity contribution in [2.45, 2.75) is 123 Å². The van der Waals surface area contributed by atoms with E-state index in [0.29, 0.717) is 94.5 Å². The lowest BCUT2D eigenvalue weighted by Gasteiger charge is -2.35. The standard InChI is InChI=1S/C28H38N6O5.C28H38N6O4/c1-18-12-20-15-29-34(25-14-24(30-26(31-25)37-5)33-10-11-38-17-21(33)16-35)23(20)13-22(18)19-6-8-32(9-7-19)27(36)39-28(2,3)4;1-18-13-21-16-29-34(25-15-24(30-26(31-25)36-6)33-11-12-37-17-19(33)2)23(21)14-22(18)20-7-9-32(10-8-20)27(35)38-28(3,4)5/h12-15,19,21,35H,6-11,16-17H2,1-5H3;13-16,19-20H,7-12,17H2,1-6H3/t21-;19-/m01/s1. The molecule has 10 rings (SSSR count). The number of piperidine rings is 2. The van der Waals surface area contributed by atoms with Crippen LogP contribution in [0.2, 0.25) is 0 Å². The molecule has 0 bridgehead atoms. The highest BCUT2D eigenvalue weighted by molar-refractivity contribution is 5.83. The summed E-state index contributed by atoms with van der Waals surface area (Å²) < 4.78 is 36.9. The van der Waals surface area contributed by atoms with E-state index in [1.54, 1.807) is 12.0 Å². The summed E-state index contributed by atoms with van der Waals surface area (Å²) in [5.74, 6) is 3.38. The Morgan fingerprint density at radius 2 is 1.01 bits per heavy atom. The molecule has 6 aromatic rings. The number of ether oxygens (including phenoxy) is 6. The number of aryl methyl sites for hydroxylation is 2. The van der Waals surface area contributed by atoms with Gasteiger partial charge < -0.3 is 53.1 Å². The number of benzene rings is 2. The molecule has 0 unspecified atom stereocenters. The van der Waals surface area contributed by atoms with E-state index in [4.69, 9.17) is 33.5 Å². The van der Waals surface area contributed by atoms with E-state index in [-0.39, 0.29) is 36.9 Å². The quantitative estimate of drug-likeness (QED) is 0.146.